The van der Waals surface area contributed by atoms with Crippen LogP contribution < -0.4 is 4.74 Å². The molecule has 16 heavy (non-hydrogen) atoms. The van der Waals surface area contributed by atoms with Crippen LogP contribution in [0.15, 0.2) is 18.2 Å². The summed E-state index contributed by atoms with van der Waals surface area (Å²) in [6.45, 7) is 0.493. The third kappa shape index (κ3) is 4.50. The first-order valence-electron chi connectivity index (χ1n) is 5.11. The van der Waals surface area contributed by atoms with E-state index in [2.05, 4.69) is 6.07 Å². The molecule has 0 amide bonds. The fraction of sp³-hybridized carbons (Fsp3) is 0.417. The van der Waals surface area contributed by atoms with E-state index in [0.717, 1.165) is 12.8 Å². The molecule has 1 aromatic rings. The van der Waals surface area contributed by atoms with Gasteiger partial charge in [0.25, 0.3) is 0 Å². The predicted molar refractivity (Wildman–Crippen MR) is 60.9 cm³/mol. The van der Waals surface area contributed by atoms with Crippen LogP contribution in [-0.4, -0.2) is 6.61 Å². The number of rotatable bonds is 6. The van der Waals surface area contributed by atoms with Crippen LogP contribution in [-0.2, 0) is 5.88 Å². The second-order valence-corrected chi connectivity index (χ2v) is 3.66. The molecule has 0 unspecified atom stereocenters. The number of unbranched alkanes of at least 4 members (excludes halogenated alkanes) is 2. The highest BCUT2D eigenvalue weighted by Crippen LogP contribution is 2.18. The molecule has 2 nitrogen and oxygen atoms in total. The Morgan fingerprint density at radius 1 is 1.31 bits per heavy atom. The van der Waals surface area contributed by atoms with Gasteiger partial charge in [-0.15, -0.1) is 11.6 Å². The molecular formula is C12H13ClFNO. The molecule has 0 bridgehead atoms. The Labute approximate surface area is 99.6 Å². The first-order chi connectivity index (χ1) is 7.76. The van der Waals surface area contributed by atoms with E-state index in [0.29, 0.717) is 24.3 Å². The lowest BCUT2D eigenvalue weighted by Gasteiger charge is -2.06. The predicted octanol–water partition coefficient (Wildman–Crippen LogP) is 3.64. The Morgan fingerprint density at radius 2 is 2.12 bits per heavy atom. The number of halogens is 2. The molecule has 0 aliphatic heterocycles. The van der Waals surface area contributed by atoms with Crippen LogP contribution in [0.2, 0.25) is 0 Å². The van der Waals surface area contributed by atoms with Gasteiger partial charge >= 0.3 is 0 Å². The highest BCUT2D eigenvalue weighted by atomic mass is 35.5. The Bertz CT molecular complexity index is 376. The largest absolute Gasteiger partial charge is 0.493 e. The van der Waals surface area contributed by atoms with E-state index in [1.165, 1.54) is 12.1 Å². The van der Waals surface area contributed by atoms with Gasteiger partial charge in [0, 0.05) is 18.4 Å². The van der Waals surface area contributed by atoms with Crippen LogP contribution in [0.5, 0.6) is 5.75 Å². The Kier molecular flexibility index (Phi) is 5.66. The molecule has 1 rings (SSSR count). The summed E-state index contributed by atoms with van der Waals surface area (Å²) in [4.78, 5) is 0. The van der Waals surface area contributed by atoms with Gasteiger partial charge in [0.2, 0.25) is 0 Å². The van der Waals surface area contributed by atoms with E-state index in [1.807, 2.05) is 0 Å². The molecule has 0 aliphatic rings. The number of hydrogen-bond acceptors (Lipinski definition) is 2. The molecule has 0 radical (unpaired) electrons. The maximum absolute atomic E-state index is 13.1. The molecule has 0 aliphatic carbocycles. The first-order valence-corrected chi connectivity index (χ1v) is 5.65. The maximum atomic E-state index is 13.1. The van der Waals surface area contributed by atoms with Gasteiger partial charge in [-0.1, -0.05) is 0 Å². The lowest BCUT2D eigenvalue weighted by atomic mass is 10.2. The lowest BCUT2D eigenvalue weighted by molar-refractivity contribution is 0.306. The van der Waals surface area contributed by atoms with Crippen LogP contribution in [0.3, 0.4) is 0 Å². The molecule has 0 aromatic heterocycles. The summed E-state index contributed by atoms with van der Waals surface area (Å²) in [6, 6.07) is 6.50. The SMILES string of the molecule is N#CCCCCOc1cc(F)cc(CCl)c1. The van der Waals surface area contributed by atoms with Crippen LogP contribution in [0.4, 0.5) is 4.39 Å². The Morgan fingerprint density at radius 3 is 2.81 bits per heavy atom. The summed E-state index contributed by atoms with van der Waals surface area (Å²) in [6.07, 6.45) is 2.12. The smallest absolute Gasteiger partial charge is 0.127 e. The van der Waals surface area contributed by atoms with Gasteiger partial charge in [-0.2, -0.15) is 5.26 Å². The number of hydrogen-bond donors (Lipinski definition) is 0. The molecule has 1 aromatic carbocycles. The van der Waals surface area contributed by atoms with Crippen molar-refractivity contribution < 1.29 is 9.13 Å². The molecule has 0 fully saturated rings. The van der Waals surface area contributed by atoms with Crippen LogP contribution in [0.1, 0.15) is 24.8 Å². The van der Waals surface area contributed by atoms with E-state index >= 15 is 0 Å². The second-order valence-electron chi connectivity index (χ2n) is 3.39. The molecule has 0 spiro atoms. The zero-order valence-electron chi connectivity index (χ0n) is 8.88. The summed E-state index contributed by atoms with van der Waals surface area (Å²) < 4.78 is 18.4. The van der Waals surface area contributed by atoms with Gasteiger partial charge in [-0.05, 0) is 30.5 Å². The standard InChI is InChI=1S/C12H13ClFNO/c13-9-10-6-11(14)8-12(7-10)16-5-3-1-2-4-15/h6-8H,1-3,5,9H2. The molecule has 0 saturated carbocycles. The normalized spacial score (nSPS) is 9.81. The van der Waals surface area contributed by atoms with Crippen molar-refractivity contribution in [3.8, 4) is 11.8 Å². The van der Waals surface area contributed by atoms with Crippen molar-refractivity contribution >= 4 is 11.6 Å². The van der Waals surface area contributed by atoms with Gasteiger partial charge in [0.1, 0.15) is 11.6 Å². The monoisotopic (exact) mass is 241 g/mol. The summed E-state index contributed by atoms with van der Waals surface area (Å²) in [7, 11) is 0. The highest BCUT2D eigenvalue weighted by Gasteiger charge is 2.01. The van der Waals surface area contributed by atoms with Gasteiger partial charge in [-0.25, -0.2) is 4.39 Å². The van der Waals surface area contributed by atoms with Crippen LogP contribution >= 0.6 is 11.6 Å². The quantitative estimate of drug-likeness (QED) is 0.563. The van der Waals surface area contributed by atoms with E-state index in [1.54, 1.807) is 6.07 Å². The Hall–Kier alpha value is -1.27. The fourth-order valence-corrected chi connectivity index (χ4v) is 1.43. The van der Waals surface area contributed by atoms with Crippen molar-refractivity contribution in [2.45, 2.75) is 25.1 Å². The van der Waals surface area contributed by atoms with Gasteiger partial charge in [0.05, 0.1) is 12.7 Å². The summed E-state index contributed by atoms with van der Waals surface area (Å²) in [5, 5.41) is 8.33. The summed E-state index contributed by atoms with van der Waals surface area (Å²) in [5.41, 5.74) is 0.702. The molecule has 86 valence electrons. The van der Waals surface area contributed by atoms with E-state index in [-0.39, 0.29) is 11.7 Å². The minimum Gasteiger partial charge on any atom is -0.493 e. The Balaban J connectivity index is 2.41. The zero-order chi connectivity index (χ0) is 11.8. The van der Waals surface area contributed by atoms with Crippen molar-refractivity contribution in [2.75, 3.05) is 6.61 Å². The summed E-state index contributed by atoms with van der Waals surface area (Å²) >= 11 is 5.62. The second kappa shape index (κ2) is 7.08. The van der Waals surface area contributed by atoms with Crippen molar-refractivity contribution in [3.05, 3.63) is 29.6 Å². The van der Waals surface area contributed by atoms with Gasteiger partial charge in [0.15, 0.2) is 0 Å². The summed E-state index contributed by atoms with van der Waals surface area (Å²) in [5.74, 6) is 0.417. The van der Waals surface area contributed by atoms with Crippen LogP contribution in [0.25, 0.3) is 0 Å². The third-order valence-electron chi connectivity index (χ3n) is 2.04. The highest BCUT2D eigenvalue weighted by molar-refractivity contribution is 6.17. The number of benzene rings is 1. The fourth-order valence-electron chi connectivity index (χ4n) is 1.28. The lowest BCUT2D eigenvalue weighted by Crippen LogP contribution is -1.98. The average Bonchev–Trinajstić information content (AvgIpc) is 2.28. The number of nitrogens with zero attached hydrogens (tertiary/aromatic N) is 1. The molecule has 0 atom stereocenters. The molecule has 4 heteroatoms. The molecule has 0 N–H and O–H groups in total. The van der Waals surface area contributed by atoms with Gasteiger partial charge in [-0.3, -0.25) is 0 Å². The van der Waals surface area contributed by atoms with Crippen molar-refractivity contribution in [2.24, 2.45) is 0 Å². The number of nitriles is 1. The van der Waals surface area contributed by atoms with Crippen molar-refractivity contribution in [1.29, 1.82) is 5.26 Å². The van der Waals surface area contributed by atoms with E-state index < -0.39 is 0 Å². The number of alkyl halides is 1. The minimum atomic E-state index is -0.342. The first kappa shape index (κ1) is 12.8. The van der Waals surface area contributed by atoms with E-state index in [4.69, 9.17) is 21.6 Å². The van der Waals surface area contributed by atoms with E-state index in [9.17, 15) is 4.39 Å². The van der Waals surface area contributed by atoms with Crippen molar-refractivity contribution in [1.82, 2.24) is 0 Å². The molecule has 0 heterocycles. The van der Waals surface area contributed by atoms with Crippen LogP contribution in [0, 0.1) is 17.1 Å². The van der Waals surface area contributed by atoms with Crippen molar-refractivity contribution in [3.63, 3.8) is 0 Å². The number of ether oxygens (including phenoxy) is 1. The third-order valence-corrected chi connectivity index (χ3v) is 2.35. The minimum absolute atomic E-state index is 0.266. The topological polar surface area (TPSA) is 33.0 Å². The molecule has 0 saturated heterocycles. The van der Waals surface area contributed by atoms with Gasteiger partial charge < -0.3 is 4.74 Å². The molecular weight excluding hydrogens is 229 g/mol. The zero-order valence-corrected chi connectivity index (χ0v) is 9.63. The average molecular weight is 242 g/mol. The maximum Gasteiger partial charge on any atom is 0.127 e.